The van der Waals surface area contributed by atoms with Crippen molar-refractivity contribution < 1.29 is 4.79 Å². The van der Waals surface area contributed by atoms with E-state index in [1.165, 1.54) is 6.07 Å². The number of H-pyrrole nitrogens is 2. The lowest BCUT2D eigenvalue weighted by atomic mass is 9.93. The number of nitrogens with zero attached hydrogens (tertiary/aromatic N) is 3. The topological polar surface area (TPSA) is 112 Å². The first-order valence-electron chi connectivity index (χ1n) is 7.91. The van der Waals surface area contributed by atoms with Gasteiger partial charge in [0, 0.05) is 42.5 Å². The fourth-order valence-electron chi connectivity index (χ4n) is 2.99. The molecule has 0 radical (unpaired) electrons. The molecule has 0 unspecified atom stereocenters. The molecule has 0 bridgehead atoms. The van der Waals surface area contributed by atoms with Gasteiger partial charge in [0.15, 0.2) is 0 Å². The lowest BCUT2D eigenvalue weighted by Gasteiger charge is -2.31. The Morgan fingerprint density at radius 1 is 1.29 bits per heavy atom. The average molecular weight is 329 g/mol. The van der Waals surface area contributed by atoms with Gasteiger partial charge in [-0.3, -0.25) is 24.6 Å². The Balaban J connectivity index is 1.62. The van der Waals surface area contributed by atoms with Crippen LogP contribution in [0.4, 0.5) is 0 Å². The van der Waals surface area contributed by atoms with Gasteiger partial charge in [0.25, 0.3) is 11.1 Å². The van der Waals surface area contributed by atoms with Gasteiger partial charge < -0.3 is 4.90 Å². The van der Waals surface area contributed by atoms with Crippen molar-refractivity contribution in [3.8, 4) is 0 Å². The summed E-state index contributed by atoms with van der Waals surface area (Å²) in [7, 11) is 0. The molecule has 3 heterocycles. The minimum atomic E-state index is -0.436. The molecule has 2 N–H and O–H groups in total. The molecule has 0 aliphatic carbocycles. The standard InChI is InChI=1S/C16H19N5O3/c1-10-17-5-2-13(18-10)11-3-6-21(7-4-11)15(23)9-12-8-14(22)19-20-16(12)24/h2,5,8,11H,3-4,6-7,9H2,1H3,(H,19,22)(H,20,24). The fraction of sp³-hybridized carbons (Fsp3) is 0.438. The van der Waals surface area contributed by atoms with Crippen LogP contribution in [-0.2, 0) is 11.2 Å². The number of aromatic nitrogens is 4. The first-order chi connectivity index (χ1) is 11.5. The highest BCUT2D eigenvalue weighted by Gasteiger charge is 2.25. The molecule has 0 aromatic carbocycles. The zero-order valence-electron chi connectivity index (χ0n) is 13.4. The highest BCUT2D eigenvalue weighted by Crippen LogP contribution is 2.26. The van der Waals surface area contributed by atoms with Crippen LogP contribution in [0.3, 0.4) is 0 Å². The SMILES string of the molecule is Cc1nccc(C2CCN(C(=O)Cc3cc(=O)[nH][nH]c3=O)CC2)n1. The van der Waals surface area contributed by atoms with E-state index in [2.05, 4.69) is 20.2 Å². The number of likely N-dealkylation sites (tertiary alicyclic amines) is 1. The number of rotatable bonds is 3. The van der Waals surface area contributed by atoms with Crippen molar-refractivity contribution in [1.29, 1.82) is 0 Å². The second-order valence-corrected chi connectivity index (χ2v) is 5.97. The first kappa shape index (κ1) is 16.1. The van der Waals surface area contributed by atoms with Crippen molar-refractivity contribution in [2.75, 3.05) is 13.1 Å². The molecular formula is C16H19N5O3. The summed E-state index contributed by atoms with van der Waals surface area (Å²) in [6.07, 6.45) is 3.35. The van der Waals surface area contributed by atoms with Crippen molar-refractivity contribution >= 4 is 5.91 Å². The molecule has 1 aliphatic heterocycles. The van der Waals surface area contributed by atoms with E-state index >= 15 is 0 Å². The zero-order chi connectivity index (χ0) is 17.1. The lowest BCUT2D eigenvalue weighted by molar-refractivity contribution is -0.131. The van der Waals surface area contributed by atoms with Gasteiger partial charge in [-0.05, 0) is 25.8 Å². The molecule has 1 aliphatic rings. The van der Waals surface area contributed by atoms with E-state index < -0.39 is 11.1 Å². The Labute approximate surface area is 137 Å². The molecule has 3 rings (SSSR count). The molecule has 0 spiro atoms. The van der Waals surface area contributed by atoms with Gasteiger partial charge >= 0.3 is 0 Å². The van der Waals surface area contributed by atoms with Crippen LogP contribution in [-0.4, -0.2) is 44.1 Å². The normalized spacial score (nSPS) is 15.5. The molecule has 24 heavy (non-hydrogen) atoms. The van der Waals surface area contributed by atoms with Gasteiger partial charge in [0.05, 0.1) is 6.42 Å². The number of amides is 1. The Kier molecular flexibility index (Phi) is 4.54. The number of nitrogens with one attached hydrogen (secondary N) is 2. The van der Waals surface area contributed by atoms with E-state index in [1.54, 1.807) is 11.1 Å². The summed E-state index contributed by atoms with van der Waals surface area (Å²) < 4.78 is 0. The Morgan fingerprint density at radius 2 is 2.04 bits per heavy atom. The van der Waals surface area contributed by atoms with Crippen LogP contribution in [0.1, 0.15) is 35.8 Å². The molecule has 1 saturated heterocycles. The van der Waals surface area contributed by atoms with E-state index in [0.29, 0.717) is 19.0 Å². The monoisotopic (exact) mass is 329 g/mol. The number of hydrogen-bond donors (Lipinski definition) is 2. The van der Waals surface area contributed by atoms with Crippen LogP contribution in [0.15, 0.2) is 27.9 Å². The number of aromatic amines is 2. The summed E-state index contributed by atoms with van der Waals surface area (Å²) in [6, 6.07) is 3.10. The van der Waals surface area contributed by atoms with Gasteiger partial charge in [0.1, 0.15) is 5.82 Å². The number of carbonyl (C=O) groups is 1. The lowest BCUT2D eigenvalue weighted by Crippen LogP contribution is -2.40. The molecule has 1 fully saturated rings. The molecule has 126 valence electrons. The minimum Gasteiger partial charge on any atom is -0.342 e. The van der Waals surface area contributed by atoms with Gasteiger partial charge in [0.2, 0.25) is 5.91 Å². The number of aryl methyl sites for hydroxylation is 1. The van der Waals surface area contributed by atoms with E-state index in [1.807, 2.05) is 13.0 Å². The maximum absolute atomic E-state index is 12.4. The van der Waals surface area contributed by atoms with E-state index in [0.717, 1.165) is 24.4 Å². The molecule has 0 atom stereocenters. The molecule has 2 aromatic heterocycles. The van der Waals surface area contributed by atoms with Crippen molar-refractivity contribution in [2.24, 2.45) is 0 Å². The average Bonchev–Trinajstić information content (AvgIpc) is 2.58. The first-order valence-corrected chi connectivity index (χ1v) is 7.91. The van der Waals surface area contributed by atoms with Crippen LogP contribution < -0.4 is 11.1 Å². The summed E-state index contributed by atoms with van der Waals surface area (Å²) in [5, 5.41) is 4.42. The largest absolute Gasteiger partial charge is 0.342 e. The molecule has 1 amide bonds. The summed E-state index contributed by atoms with van der Waals surface area (Å²) in [4.78, 5) is 45.6. The molecular weight excluding hydrogens is 310 g/mol. The second-order valence-electron chi connectivity index (χ2n) is 5.97. The van der Waals surface area contributed by atoms with Crippen LogP contribution >= 0.6 is 0 Å². The third-order valence-electron chi connectivity index (χ3n) is 4.30. The second kappa shape index (κ2) is 6.77. The molecule has 2 aromatic rings. The van der Waals surface area contributed by atoms with Crippen molar-refractivity contribution in [3.63, 3.8) is 0 Å². The van der Waals surface area contributed by atoms with Crippen LogP contribution in [0.25, 0.3) is 0 Å². The van der Waals surface area contributed by atoms with Gasteiger partial charge in [-0.1, -0.05) is 0 Å². The maximum Gasteiger partial charge on any atom is 0.266 e. The minimum absolute atomic E-state index is 0.0590. The van der Waals surface area contributed by atoms with Gasteiger partial charge in [-0.15, -0.1) is 0 Å². The zero-order valence-corrected chi connectivity index (χ0v) is 13.4. The number of carbonyl (C=O) groups excluding carboxylic acids is 1. The molecule has 8 nitrogen and oxygen atoms in total. The van der Waals surface area contributed by atoms with Crippen LogP contribution in [0.5, 0.6) is 0 Å². The fourth-order valence-corrected chi connectivity index (χ4v) is 2.99. The van der Waals surface area contributed by atoms with Crippen molar-refractivity contribution in [1.82, 2.24) is 25.1 Å². The van der Waals surface area contributed by atoms with Crippen molar-refractivity contribution in [2.45, 2.75) is 32.1 Å². The molecule has 8 heteroatoms. The van der Waals surface area contributed by atoms with E-state index in [9.17, 15) is 14.4 Å². The number of hydrogen-bond acceptors (Lipinski definition) is 5. The predicted molar refractivity (Wildman–Crippen MR) is 86.7 cm³/mol. The van der Waals surface area contributed by atoms with E-state index in [-0.39, 0.29) is 17.9 Å². The maximum atomic E-state index is 12.4. The summed E-state index contributed by atoms with van der Waals surface area (Å²) >= 11 is 0. The van der Waals surface area contributed by atoms with Crippen molar-refractivity contribution in [3.05, 3.63) is 56.1 Å². The Bertz CT molecular complexity index is 849. The summed E-state index contributed by atoms with van der Waals surface area (Å²) in [5.41, 5.74) is 0.350. The van der Waals surface area contributed by atoms with Crippen LogP contribution in [0.2, 0.25) is 0 Å². The summed E-state index contributed by atoms with van der Waals surface area (Å²) in [6.45, 7) is 3.10. The Morgan fingerprint density at radius 3 is 2.75 bits per heavy atom. The quantitative estimate of drug-likeness (QED) is 0.830. The van der Waals surface area contributed by atoms with Crippen LogP contribution in [0, 0.1) is 6.92 Å². The van der Waals surface area contributed by atoms with Gasteiger partial charge in [-0.25, -0.2) is 9.97 Å². The smallest absolute Gasteiger partial charge is 0.266 e. The highest BCUT2D eigenvalue weighted by molar-refractivity contribution is 5.78. The Hall–Kier alpha value is -2.77. The summed E-state index contributed by atoms with van der Waals surface area (Å²) in [5.74, 6) is 0.932. The third-order valence-corrected chi connectivity index (χ3v) is 4.30. The third kappa shape index (κ3) is 3.58. The predicted octanol–water partition coefficient (Wildman–Crippen LogP) is 0.110. The van der Waals surface area contributed by atoms with E-state index in [4.69, 9.17) is 0 Å². The van der Waals surface area contributed by atoms with Gasteiger partial charge in [-0.2, -0.15) is 0 Å². The number of piperidine rings is 1. The highest BCUT2D eigenvalue weighted by atomic mass is 16.2. The molecule has 0 saturated carbocycles.